The Morgan fingerprint density at radius 3 is 2.12 bits per heavy atom. The highest BCUT2D eigenvalue weighted by molar-refractivity contribution is 7.89. The summed E-state index contributed by atoms with van der Waals surface area (Å²) in [5.74, 6) is -0.0357. The number of amides is 1. The monoisotopic (exact) mass is 453 g/mol. The Morgan fingerprint density at radius 2 is 1.47 bits per heavy atom. The summed E-state index contributed by atoms with van der Waals surface area (Å²) in [6.07, 6.45) is 7.18. The van der Waals surface area contributed by atoms with Crippen LogP contribution in [0, 0.1) is 0 Å². The topological polar surface area (TPSA) is 60.9 Å². The van der Waals surface area contributed by atoms with Crippen molar-refractivity contribution in [1.29, 1.82) is 0 Å². The molecule has 32 heavy (non-hydrogen) atoms. The third-order valence-corrected chi connectivity index (χ3v) is 8.10. The summed E-state index contributed by atoms with van der Waals surface area (Å²) >= 11 is 0. The van der Waals surface area contributed by atoms with Gasteiger partial charge in [0, 0.05) is 51.4 Å². The molecule has 2 aliphatic heterocycles. The number of benzene rings is 2. The van der Waals surface area contributed by atoms with Gasteiger partial charge in [0.15, 0.2) is 0 Å². The molecule has 0 bridgehead atoms. The van der Waals surface area contributed by atoms with Gasteiger partial charge in [-0.2, -0.15) is 4.31 Å². The molecule has 0 radical (unpaired) electrons. The number of hydrogen-bond acceptors (Lipinski definition) is 4. The zero-order chi connectivity index (χ0) is 22.4. The van der Waals surface area contributed by atoms with Crippen molar-refractivity contribution in [3.05, 3.63) is 71.8 Å². The van der Waals surface area contributed by atoms with Crippen LogP contribution < -0.4 is 0 Å². The molecule has 0 unspecified atom stereocenters. The average Bonchev–Trinajstić information content (AvgIpc) is 2.85. The molecule has 6 nitrogen and oxygen atoms in total. The van der Waals surface area contributed by atoms with Gasteiger partial charge in [-0.05, 0) is 42.7 Å². The molecule has 2 aromatic rings. The number of hydrogen-bond donors (Lipinski definition) is 0. The van der Waals surface area contributed by atoms with Gasteiger partial charge in [-0.15, -0.1) is 0 Å². The highest BCUT2D eigenvalue weighted by Crippen LogP contribution is 2.21. The minimum atomic E-state index is -3.47. The van der Waals surface area contributed by atoms with Crippen LogP contribution in [0.15, 0.2) is 65.6 Å². The van der Waals surface area contributed by atoms with E-state index < -0.39 is 10.0 Å². The maximum Gasteiger partial charge on any atom is 0.253 e. The maximum atomic E-state index is 12.9. The summed E-state index contributed by atoms with van der Waals surface area (Å²) < 4.78 is 27.2. The van der Waals surface area contributed by atoms with Gasteiger partial charge in [0.1, 0.15) is 0 Å². The normalized spacial score (nSPS) is 18.8. The highest BCUT2D eigenvalue weighted by atomic mass is 32.2. The van der Waals surface area contributed by atoms with E-state index >= 15 is 0 Å². The van der Waals surface area contributed by atoms with Gasteiger partial charge in [0.25, 0.3) is 5.91 Å². The molecule has 0 aliphatic carbocycles. The maximum absolute atomic E-state index is 12.9. The smallest absolute Gasteiger partial charge is 0.253 e. The van der Waals surface area contributed by atoms with E-state index in [9.17, 15) is 13.2 Å². The summed E-state index contributed by atoms with van der Waals surface area (Å²) in [6, 6.07) is 16.7. The van der Waals surface area contributed by atoms with E-state index in [1.807, 2.05) is 23.1 Å². The molecule has 170 valence electrons. The number of sulfonamides is 1. The zero-order valence-corrected chi connectivity index (χ0v) is 19.2. The van der Waals surface area contributed by atoms with E-state index in [4.69, 9.17) is 0 Å². The van der Waals surface area contributed by atoms with E-state index in [0.717, 1.165) is 38.9 Å². The molecule has 2 aromatic carbocycles. The molecule has 4 rings (SSSR count). The van der Waals surface area contributed by atoms with Crippen molar-refractivity contribution in [1.82, 2.24) is 14.1 Å². The first-order valence-corrected chi connectivity index (χ1v) is 12.8. The van der Waals surface area contributed by atoms with Crippen molar-refractivity contribution in [2.24, 2.45) is 0 Å². The summed E-state index contributed by atoms with van der Waals surface area (Å²) in [6.45, 7) is 5.01. The lowest BCUT2D eigenvalue weighted by Gasteiger charge is -2.34. The van der Waals surface area contributed by atoms with Gasteiger partial charge in [-0.3, -0.25) is 9.69 Å². The van der Waals surface area contributed by atoms with Crippen LogP contribution in [-0.2, 0) is 10.0 Å². The molecule has 7 heteroatoms. The SMILES string of the molecule is O=C(c1ccc(S(=O)(=O)N2CCCCC2)cc1)N1CCN(C/C=C/c2ccccc2)CC1. The van der Waals surface area contributed by atoms with Crippen molar-refractivity contribution >= 4 is 22.0 Å². The number of rotatable bonds is 6. The third kappa shape index (κ3) is 5.46. The molecule has 0 N–H and O–H groups in total. The van der Waals surface area contributed by atoms with E-state index in [1.165, 1.54) is 5.56 Å². The summed E-state index contributed by atoms with van der Waals surface area (Å²) in [5.41, 5.74) is 1.73. The van der Waals surface area contributed by atoms with Crippen LogP contribution in [-0.4, -0.2) is 74.2 Å². The quantitative estimate of drug-likeness (QED) is 0.673. The second-order valence-electron chi connectivity index (χ2n) is 8.39. The first-order chi connectivity index (χ1) is 15.5. The number of carbonyl (C=O) groups excluding carboxylic acids is 1. The number of piperidine rings is 1. The lowest BCUT2D eigenvalue weighted by Crippen LogP contribution is -2.48. The molecule has 0 saturated carbocycles. The van der Waals surface area contributed by atoms with Crippen LogP contribution in [0.2, 0.25) is 0 Å². The second kappa shape index (κ2) is 10.4. The van der Waals surface area contributed by atoms with Gasteiger partial charge < -0.3 is 4.90 Å². The molecule has 2 fully saturated rings. The fourth-order valence-corrected chi connectivity index (χ4v) is 5.76. The lowest BCUT2D eigenvalue weighted by molar-refractivity contribution is 0.0650. The van der Waals surface area contributed by atoms with E-state index in [1.54, 1.807) is 28.6 Å². The molecule has 0 spiro atoms. The lowest BCUT2D eigenvalue weighted by atomic mass is 10.2. The Labute approximate surface area is 191 Å². The Hall–Kier alpha value is -2.48. The molecular formula is C25H31N3O3S. The van der Waals surface area contributed by atoms with Crippen molar-refractivity contribution in [3.63, 3.8) is 0 Å². The Morgan fingerprint density at radius 1 is 0.812 bits per heavy atom. The predicted octanol–water partition coefficient (Wildman–Crippen LogP) is 3.33. The number of carbonyl (C=O) groups is 1. The van der Waals surface area contributed by atoms with Crippen LogP contribution in [0.25, 0.3) is 6.08 Å². The molecular weight excluding hydrogens is 422 g/mol. The second-order valence-corrected chi connectivity index (χ2v) is 10.3. The molecule has 1 amide bonds. The zero-order valence-electron chi connectivity index (χ0n) is 18.4. The van der Waals surface area contributed by atoms with E-state index in [2.05, 4.69) is 29.2 Å². The standard InChI is InChI=1S/C25H31N3O3S/c29-25(23-11-13-24(14-12-23)32(30,31)28-16-5-2-6-17-28)27-20-18-26(19-21-27)15-7-10-22-8-3-1-4-9-22/h1,3-4,7-14H,2,5-6,15-21H2/b10-7+. The van der Waals surface area contributed by atoms with Gasteiger partial charge in [0.05, 0.1) is 4.90 Å². The van der Waals surface area contributed by atoms with Crippen LogP contribution in [0.5, 0.6) is 0 Å². The minimum Gasteiger partial charge on any atom is -0.336 e. The summed E-state index contributed by atoms with van der Waals surface area (Å²) in [7, 11) is -3.47. The fraction of sp³-hybridized carbons (Fsp3) is 0.400. The van der Waals surface area contributed by atoms with Crippen LogP contribution in [0.3, 0.4) is 0 Å². The van der Waals surface area contributed by atoms with Crippen LogP contribution in [0.4, 0.5) is 0 Å². The van der Waals surface area contributed by atoms with Gasteiger partial charge in [-0.1, -0.05) is 48.9 Å². The van der Waals surface area contributed by atoms with E-state index in [-0.39, 0.29) is 10.8 Å². The largest absolute Gasteiger partial charge is 0.336 e. The fourth-order valence-electron chi connectivity index (χ4n) is 4.24. The third-order valence-electron chi connectivity index (χ3n) is 6.19. The predicted molar refractivity (Wildman–Crippen MR) is 127 cm³/mol. The van der Waals surface area contributed by atoms with Crippen molar-refractivity contribution < 1.29 is 13.2 Å². The first kappa shape index (κ1) is 22.7. The van der Waals surface area contributed by atoms with Crippen molar-refractivity contribution in [2.45, 2.75) is 24.2 Å². The van der Waals surface area contributed by atoms with Crippen LogP contribution >= 0.6 is 0 Å². The first-order valence-electron chi connectivity index (χ1n) is 11.4. The number of nitrogens with zero attached hydrogens (tertiary/aromatic N) is 3. The minimum absolute atomic E-state index is 0.0357. The highest BCUT2D eigenvalue weighted by Gasteiger charge is 2.27. The molecule has 2 aliphatic rings. The molecule has 2 saturated heterocycles. The van der Waals surface area contributed by atoms with Crippen LogP contribution in [0.1, 0.15) is 35.2 Å². The Kier molecular flexibility index (Phi) is 7.40. The summed E-state index contributed by atoms with van der Waals surface area (Å²) in [5, 5.41) is 0. The van der Waals surface area contributed by atoms with Gasteiger partial charge in [0.2, 0.25) is 10.0 Å². The van der Waals surface area contributed by atoms with Crippen molar-refractivity contribution in [2.75, 3.05) is 45.8 Å². The average molecular weight is 454 g/mol. The van der Waals surface area contributed by atoms with E-state index in [0.29, 0.717) is 31.7 Å². The Balaban J connectivity index is 1.30. The summed E-state index contributed by atoms with van der Waals surface area (Å²) in [4.78, 5) is 17.4. The molecule has 0 aromatic heterocycles. The van der Waals surface area contributed by atoms with Crippen molar-refractivity contribution in [3.8, 4) is 0 Å². The molecule has 2 heterocycles. The Bertz CT molecular complexity index is 1020. The molecule has 0 atom stereocenters. The van der Waals surface area contributed by atoms with Gasteiger partial charge >= 0.3 is 0 Å². The van der Waals surface area contributed by atoms with Gasteiger partial charge in [-0.25, -0.2) is 8.42 Å². The number of piperazine rings is 1.